The summed E-state index contributed by atoms with van der Waals surface area (Å²) >= 11 is 0. The molecule has 0 radical (unpaired) electrons. The Labute approximate surface area is 149 Å². The van der Waals surface area contributed by atoms with Crippen LogP contribution >= 0.6 is 0 Å². The Bertz CT molecular complexity index is 793. The lowest BCUT2D eigenvalue weighted by Crippen LogP contribution is -2.03. The Kier molecular flexibility index (Phi) is 6.18. The van der Waals surface area contributed by atoms with E-state index >= 15 is 0 Å². The van der Waals surface area contributed by atoms with E-state index < -0.39 is 0 Å². The molecule has 2 heterocycles. The monoisotopic (exact) mass is 337 g/mol. The van der Waals surface area contributed by atoms with Crippen molar-refractivity contribution in [3.8, 4) is 0 Å². The van der Waals surface area contributed by atoms with E-state index in [9.17, 15) is 0 Å². The molecule has 0 N–H and O–H groups in total. The molecule has 3 aromatic rings. The van der Waals surface area contributed by atoms with Crippen LogP contribution in [0, 0.1) is 6.92 Å². The second kappa shape index (κ2) is 8.77. The number of rotatable bonds is 9. The first-order chi connectivity index (χ1) is 12.3. The Morgan fingerprint density at radius 2 is 1.80 bits per heavy atom. The summed E-state index contributed by atoms with van der Waals surface area (Å²) in [5.41, 5.74) is 4.70. The number of aromatic nitrogens is 3. The second-order valence-electron chi connectivity index (χ2n) is 6.50. The molecule has 0 aliphatic rings. The summed E-state index contributed by atoms with van der Waals surface area (Å²) in [5.74, 6) is 1.02. The van der Waals surface area contributed by atoms with Crippen LogP contribution in [0.2, 0.25) is 0 Å². The zero-order valence-electron chi connectivity index (χ0n) is 15.2. The van der Waals surface area contributed by atoms with Crippen molar-refractivity contribution in [2.24, 2.45) is 0 Å². The molecule has 0 amide bonds. The number of unbranched alkanes of at least 4 members (excludes halogenated alkanes) is 2. The lowest BCUT2D eigenvalue weighted by molar-refractivity contribution is 0.133. The fourth-order valence-corrected chi connectivity index (χ4v) is 3.03. The molecule has 0 fully saturated rings. The molecule has 0 saturated carbocycles. The van der Waals surface area contributed by atoms with Gasteiger partial charge in [-0.05, 0) is 37.0 Å². The van der Waals surface area contributed by atoms with Crippen molar-refractivity contribution in [2.45, 2.75) is 46.1 Å². The molecule has 0 unspecified atom stereocenters. The molecule has 1 aromatic carbocycles. The van der Waals surface area contributed by atoms with Gasteiger partial charge >= 0.3 is 0 Å². The van der Waals surface area contributed by atoms with Crippen molar-refractivity contribution >= 4 is 11.0 Å². The molecule has 0 aliphatic carbocycles. The van der Waals surface area contributed by atoms with E-state index in [1.807, 2.05) is 19.2 Å². The van der Waals surface area contributed by atoms with E-state index in [0.29, 0.717) is 0 Å². The predicted octanol–water partition coefficient (Wildman–Crippen LogP) is 4.54. The fourth-order valence-electron chi connectivity index (χ4n) is 3.03. The van der Waals surface area contributed by atoms with Crippen molar-refractivity contribution < 1.29 is 4.74 Å². The number of imidazole rings is 1. The highest BCUT2D eigenvalue weighted by atomic mass is 16.5. The van der Waals surface area contributed by atoms with Crippen LogP contribution in [0.5, 0.6) is 0 Å². The van der Waals surface area contributed by atoms with E-state index in [0.717, 1.165) is 43.0 Å². The van der Waals surface area contributed by atoms with Crippen molar-refractivity contribution in [3.63, 3.8) is 0 Å². The van der Waals surface area contributed by atoms with E-state index in [1.54, 1.807) is 6.20 Å². The van der Waals surface area contributed by atoms with Crippen LogP contribution in [0.25, 0.3) is 11.0 Å². The van der Waals surface area contributed by atoms with Gasteiger partial charge in [-0.1, -0.05) is 44.0 Å². The number of aryl methyl sites for hydroxylation is 1. The van der Waals surface area contributed by atoms with Gasteiger partial charge in [-0.15, -0.1) is 0 Å². The van der Waals surface area contributed by atoms with Gasteiger partial charge < -0.3 is 9.30 Å². The van der Waals surface area contributed by atoms with Crippen LogP contribution in [0.1, 0.15) is 43.1 Å². The minimum atomic E-state index is 0.806. The van der Waals surface area contributed by atoms with Gasteiger partial charge in [0.1, 0.15) is 5.82 Å². The topological polar surface area (TPSA) is 39.9 Å². The van der Waals surface area contributed by atoms with Gasteiger partial charge in [0, 0.05) is 19.3 Å². The third kappa shape index (κ3) is 4.67. The van der Waals surface area contributed by atoms with Gasteiger partial charge in [0.25, 0.3) is 0 Å². The SMILES string of the molecule is CCCCCOCCc1ccc(Cn2c(C)nc3ccncc32)cc1. The zero-order chi connectivity index (χ0) is 17.5. The van der Waals surface area contributed by atoms with Crippen LogP contribution in [-0.4, -0.2) is 27.7 Å². The van der Waals surface area contributed by atoms with Crippen LogP contribution in [0.4, 0.5) is 0 Å². The van der Waals surface area contributed by atoms with Crippen molar-refractivity contribution in [2.75, 3.05) is 13.2 Å². The second-order valence-corrected chi connectivity index (χ2v) is 6.50. The van der Waals surface area contributed by atoms with Crippen LogP contribution < -0.4 is 0 Å². The number of pyridine rings is 1. The third-order valence-electron chi connectivity index (χ3n) is 4.53. The number of hydrogen-bond donors (Lipinski definition) is 0. The Hall–Kier alpha value is -2.20. The molecule has 0 spiro atoms. The van der Waals surface area contributed by atoms with Crippen LogP contribution in [-0.2, 0) is 17.7 Å². The highest BCUT2D eigenvalue weighted by Crippen LogP contribution is 2.17. The smallest absolute Gasteiger partial charge is 0.107 e. The maximum atomic E-state index is 5.70. The summed E-state index contributed by atoms with van der Waals surface area (Å²) in [6.07, 6.45) is 8.32. The third-order valence-corrected chi connectivity index (χ3v) is 4.53. The minimum Gasteiger partial charge on any atom is -0.381 e. The standard InChI is InChI=1S/C21H27N3O/c1-3-4-5-13-25-14-11-18-6-8-19(9-7-18)16-24-17(2)23-20-10-12-22-15-21(20)24/h6-10,12,15H,3-5,11,13-14,16H2,1-2H3. The molecule has 0 saturated heterocycles. The molecule has 4 heteroatoms. The first kappa shape index (κ1) is 17.6. The molecule has 2 aromatic heterocycles. The quantitative estimate of drug-likeness (QED) is 0.538. The Morgan fingerprint density at radius 1 is 1.00 bits per heavy atom. The molecule has 0 bridgehead atoms. The molecule has 25 heavy (non-hydrogen) atoms. The van der Waals surface area contributed by atoms with Gasteiger partial charge in [-0.25, -0.2) is 4.98 Å². The molecule has 3 rings (SSSR count). The normalized spacial score (nSPS) is 11.3. The molecule has 0 aliphatic heterocycles. The van der Waals surface area contributed by atoms with E-state index in [4.69, 9.17) is 4.74 Å². The van der Waals surface area contributed by atoms with Gasteiger partial charge in [-0.3, -0.25) is 4.98 Å². The number of nitrogens with zero attached hydrogens (tertiary/aromatic N) is 3. The van der Waals surface area contributed by atoms with E-state index in [2.05, 4.69) is 45.7 Å². The Morgan fingerprint density at radius 3 is 2.60 bits per heavy atom. The largest absolute Gasteiger partial charge is 0.381 e. The zero-order valence-corrected chi connectivity index (χ0v) is 15.2. The lowest BCUT2D eigenvalue weighted by atomic mass is 10.1. The highest BCUT2D eigenvalue weighted by molar-refractivity contribution is 5.74. The summed E-state index contributed by atoms with van der Waals surface area (Å²) in [7, 11) is 0. The summed E-state index contributed by atoms with van der Waals surface area (Å²) in [6, 6.07) is 10.8. The van der Waals surface area contributed by atoms with Crippen LogP contribution in [0.3, 0.4) is 0 Å². The predicted molar refractivity (Wildman–Crippen MR) is 102 cm³/mol. The summed E-state index contributed by atoms with van der Waals surface area (Å²) < 4.78 is 7.92. The van der Waals surface area contributed by atoms with Crippen molar-refractivity contribution in [1.29, 1.82) is 0 Å². The average Bonchev–Trinajstić information content (AvgIpc) is 2.95. The summed E-state index contributed by atoms with van der Waals surface area (Å²) in [4.78, 5) is 8.83. The molecule has 132 valence electrons. The van der Waals surface area contributed by atoms with E-state index in [1.165, 1.54) is 30.4 Å². The summed E-state index contributed by atoms with van der Waals surface area (Å²) in [6.45, 7) is 6.77. The first-order valence-electron chi connectivity index (χ1n) is 9.20. The van der Waals surface area contributed by atoms with Gasteiger partial charge in [0.05, 0.1) is 23.8 Å². The molecule has 4 nitrogen and oxygen atoms in total. The highest BCUT2D eigenvalue weighted by Gasteiger charge is 2.07. The van der Waals surface area contributed by atoms with E-state index in [-0.39, 0.29) is 0 Å². The average molecular weight is 337 g/mol. The molecular weight excluding hydrogens is 310 g/mol. The van der Waals surface area contributed by atoms with Gasteiger partial charge in [-0.2, -0.15) is 0 Å². The molecule has 0 atom stereocenters. The van der Waals surface area contributed by atoms with Gasteiger partial charge in [0.15, 0.2) is 0 Å². The maximum absolute atomic E-state index is 5.70. The summed E-state index contributed by atoms with van der Waals surface area (Å²) in [5, 5.41) is 0. The van der Waals surface area contributed by atoms with Crippen molar-refractivity contribution in [1.82, 2.24) is 14.5 Å². The lowest BCUT2D eigenvalue weighted by Gasteiger charge is -2.08. The van der Waals surface area contributed by atoms with Gasteiger partial charge in [0.2, 0.25) is 0 Å². The molecular formula is C21H27N3O. The maximum Gasteiger partial charge on any atom is 0.107 e. The first-order valence-corrected chi connectivity index (χ1v) is 9.20. The fraction of sp³-hybridized carbons (Fsp3) is 0.429. The van der Waals surface area contributed by atoms with Crippen LogP contribution in [0.15, 0.2) is 42.7 Å². The number of hydrogen-bond acceptors (Lipinski definition) is 3. The minimum absolute atomic E-state index is 0.806. The number of benzene rings is 1. The number of fused-ring (bicyclic) bond motifs is 1. The number of ether oxygens (including phenoxy) is 1. The Balaban J connectivity index is 1.56. The van der Waals surface area contributed by atoms with Crippen molar-refractivity contribution in [3.05, 3.63) is 59.7 Å².